The van der Waals surface area contributed by atoms with E-state index in [0.717, 1.165) is 25.3 Å². The predicted molar refractivity (Wildman–Crippen MR) is 87.5 cm³/mol. The van der Waals surface area contributed by atoms with Crippen LogP contribution in [0.5, 0.6) is 0 Å². The summed E-state index contributed by atoms with van der Waals surface area (Å²) in [6, 6.07) is 8.45. The van der Waals surface area contributed by atoms with E-state index in [0.29, 0.717) is 16.9 Å². The van der Waals surface area contributed by atoms with Crippen LogP contribution < -0.4 is 10.2 Å². The second-order valence-electron chi connectivity index (χ2n) is 5.44. The zero-order valence-corrected chi connectivity index (χ0v) is 13.1. The Hall–Kier alpha value is -1.81. The average Bonchev–Trinajstić information content (AvgIpc) is 2.48. The van der Waals surface area contributed by atoms with Gasteiger partial charge in [-0.1, -0.05) is 36.7 Å². The van der Waals surface area contributed by atoms with Gasteiger partial charge in [-0.3, -0.25) is 0 Å². The molecule has 1 N–H and O–H groups in total. The van der Waals surface area contributed by atoms with Crippen molar-refractivity contribution < 1.29 is 0 Å². The molecule has 1 atom stereocenters. The van der Waals surface area contributed by atoms with Gasteiger partial charge in [-0.05, 0) is 30.9 Å². The fourth-order valence-electron chi connectivity index (χ4n) is 2.79. The lowest BCUT2D eigenvalue weighted by Crippen LogP contribution is -2.31. The Morgan fingerprint density at radius 3 is 3.00 bits per heavy atom. The number of hydrogen-bond donors (Lipinski definition) is 1. The molecule has 21 heavy (non-hydrogen) atoms. The van der Waals surface area contributed by atoms with Gasteiger partial charge in [0.15, 0.2) is 5.82 Å². The van der Waals surface area contributed by atoms with Crippen LogP contribution in [0.3, 0.4) is 0 Å². The van der Waals surface area contributed by atoms with Crippen LogP contribution in [0.25, 0.3) is 0 Å². The average molecular weight is 303 g/mol. The highest BCUT2D eigenvalue weighted by Crippen LogP contribution is 2.37. The van der Waals surface area contributed by atoms with Gasteiger partial charge in [0.1, 0.15) is 5.02 Å². The first-order chi connectivity index (χ1) is 10.2. The summed E-state index contributed by atoms with van der Waals surface area (Å²) in [6.45, 7) is 5.98. The lowest BCUT2D eigenvalue weighted by Gasteiger charge is -2.34. The molecule has 3 rings (SSSR count). The Bertz CT molecular complexity index is 644. The normalized spacial score (nSPS) is 17.5. The SMILES string of the molecule is CCNc1ncc(Cl)c(N2CC(C)Cc3ccccc32)n1. The number of para-hydroxylation sites is 1. The Kier molecular flexibility index (Phi) is 3.97. The second kappa shape index (κ2) is 5.90. The Labute approximate surface area is 130 Å². The monoisotopic (exact) mass is 302 g/mol. The molecule has 1 aliphatic rings. The highest BCUT2D eigenvalue weighted by molar-refractivity contribution is 6.33. The number of halogens is 1. The molecule has 0 radical (unpaired) electrons. The first-order valence-electron chi connectivity index (χ1n) is 7.31. The van der Waals surface area contributed by atoms with Gasteiger partial charge in [0, 0.05) is 18.8 Å². The summed E-state index contributed by atoms with van der Waals surface area (Å²) in [5.74, 6) is 1.96. The van der Waals surface area contributed by atoms with Crippen LogP contribution in [0.15, 0.2) is 30.5 Å². The van der Waals surface area contributed by atoms with Crippen molar-refractivity contribution in [2.75, 3.05) is 23.3 Å². The Morgan fingerprint density at radius 1 is 1.38 bits per heavy atom. The first-order valence-corrected chi connectivity index (χ1v) is 7.68. The number of hydrogen-bond acceptors (Lipinski definition) is 4. The summed E-state index contributed by atoms with van der Waals surface area (Å²) in [4.78, 5) is 11.0. The van der Waals surface area contributed by atoms with Crippen LogP contribution in [0.1, 0.15) is 19.4 Å². The largest absolute Gasteiger partial charge is 0.354 e. The van der Waals surface area contributed by atoms with Gasteiger partial charge in [-0.25, -0.2) is 4.98 Å². The van der Waals surface area contributed by atoms with Gasteiger partial charge in [0.05, 0.1) is 6.20 Å². The van der Waals surface area contributed by atoms with E-state index >= 15 is 0 Å². The van der Waals surface area contributed by atoms with Crippen LogP contribution in [-0.4, -0.2) is 23.1 Å². The van der Waals surface area contributed by atoms with E-state index in [1.807, 2.05) is 6.92 Å². The van der Waals surface area contributed by atoms with Gasteiger partial charge in [0.2, 0.25) is 5.95 Å². The topological polar surface area (TPSA) is 41.1 Å². The van der Waals surface area contributed by atoms with Crippen LogP contribution >= 0.6 is 11.6 Å². The molecule has 0 saturated carbocycles. The summed E-state index contributed by atoms with van der Waals surface area (Å²) in [7, 11) is 0. The molecule has 1 aromatic carbocycles. The molecule has 0 saturated heterocycles. The third-order valence-electron chi connectivity index (χ3n) is 3.66. The van der Waals surface area contributed by atoms with E-state index in [9.17, 15) is 0 Å². The zero-order valence-electron chi connectivity index (χ0n) is 12.3. The molecule has 1 unspecified atom stereocenters. The predicted octanol–water partition coefficient (Wildman–Crippen LogP) is 3.89. The number of nitrogens with one attached hydrogen (secondary N) is 1. The summed E-state index contributed by atoms with van der Waals surface area (Å²) < 4.78 is 0. The highest BCUT2D eigenvalue weighted by atomic mass is 35.5. The van der Waals surface area contributed by atoms with Gasteiger partial charge >= 0.3 is 0 Å². The van der Waals surface area contributed by atoms with E-state index in [2.05, 4.69) is 51.4 Å². The molecule has 2 heterocycles. The molecule has 5 heteroatoms. The summed E-state index contributed by atoms with van der Waals surface area (Å²) in [5.41, 5.74) is 2.54. The minimum absolute atomic E-state index is 0.563. The van der Waals surface area contributed by atoms with E-state index in [4.69, 9.17) is 11.6 Å². The van der Waals surface area contributed by atoms with Crippen LogP contribution in [0.4, 0.5) is 17.5 Å². The van der Waals surface area contributed by atoms with Gasteiger partial charge in [-0.15, -0.1) is 0 Å². The lowest BCUT2D eigenvalue weighted by atomic mass is 9.94. The first kappa shape index (κ1) is 14.1. The van der Waals surface area contributed by atoms with Crippen LogP contribution in [0.2, 0.25) is 5.02 Å². The van der Waals surface area contributed by atoms with E-state index in [1.165, 1.54) is 11.3 Å². The van der Waals surface area contributed by atoms with Crippen molar-refractivity contribution in [3.63, 3.8) is 0 Å². The fraction of sp³-hybridized carbons (Fsp3) is 0.375. The number of fused-ring (bicyclic) bond motifs is 1. The molecule has 1 aliphatic heterocycles. The number of rotatable bonds is 3. The van der Waals surface area contributed by atoms with Crippen molar-refractivity contribution in [3.05, 3.63) is 41.0 Å². The van der Waals surface area contributed by atoms with E-state index in [-0.39, 0.29) is 0 Å². The van der Waals surface area contributed by atoms with Crippen molar-refractivity contribution in [1.29, 1.82) is 0 Å². The third-order valence-corrected chi connectivity index (χ3v) is 3.93. The van der Waals surface area contributed by atoms with Crippen molar-refractivity contribution in [2.45, 2.75) is 20.3 Å². The van der Waals surface area contributed by atoms with Crippen LogP contribution in [-0.2, 0) is 6.42 Å². The summed E-state index contributed by atoms with van der Waals surface area (Å²) in [5, 5.41) is 3.73. The van der Waals surface area contributed by atoms with Crippen molar-refractivity contribution in [2.24, 2.45) is 5.92 Å². The molecule has 110 valence electrons. The van der Waals surface area contributed by atoms with E-state index < -0.39 is 0 Å². The molecule has 0 spiro atoms. The van der Waals surface area contributed by atoms with Gasteiger partial charge < -0.3 is 10.2 Å². The molecule has 0 fully saturated rings. The van der Waals surface area contributed by atoms with E-state index in [1.54, 1.807) is 6.20 Å². The molecular formula is C16H19ClN4. The van der Waals surface area contributed by atoms with Crippen molar-refractivity contribution in [3.8, 4) is 0 Å². The maximum atomic E-state index is 6.35. The quantitative estimate of drug-likeness (QED) is 0.934. The minimum Gasteiger partial charge on any atom is -0.354 e. The Morgan fingerprint density at radius 2 is 2.19 bits per heavy atom. The molecule has 0 aliphatic carbocycles. The number of aromatic nitrogens is 2. The van der Waals surface area contributed by atoms with Gasteiger partial charge in [0.25, 0.3) is 0 Å². The minimum atomic E-state index is 0.563. The Balaban J connectivity index is 2.06. The lowest BCUT2D eigenvalue weighted by molar-refractivity contribution is 0.560. The maximum absolute atomic E-state index is 6.35. The molecule has 4 nitrogen and oxygen atoms in total. The van der Waals surface area contributed by atoms with Gasteiger partial charge in [-0.2, -0.15) is 4.98 Å². The summed E-state index contributed by atoms with van der Waals surface area (Å²) >= 11 is 6.35. The zero-order chi connectivity index (χ0) is 14.8. The number of benzene rings is 1. The molecule has 0 bridgehead atoms. The van der Waals surface area contributed by atoms with Crippen molar-refractivity contribution in [1.82, 2.24) is 9.97 Å². The standard InChI is InChI=1S/C16H19ClN4/c1-3-18-16-19-9-13(17)15(20-16)21-10-11(2)8-12-6-4-5-7-14(12)21/h4-7,9,11H,3,8,10H2,1-2H3,(H,18,19,20). The number of nitrogens with zero attached hydrogens (tertiary/aromatic N) is 3. The maximum Gasteiger partial charge on any atom is 0.224 e. The number of anilines is 3. The molecular weight excluding hydrogens is 284 g/mol. The third kappa shape index (κ3) is 2.81. The van der Waals surface area contributed by atoms with Crippen molar-refractivity contribution >= 4 is 29.1 Å². The second-order valence-corrected chi connectivity index (χ2v) is 5.85. The summed E-state index contributed by atoms with van der Waals surface area (Å²) in [6.07, 6.45) is 2.76. The highest BCUT2D eigenvalue weighted by Gasteiger charge is 2.25. The molecule has 0 amide bonds. The fourth-order valence-corrected chi connectivity index (χ4v) is 2.98. The van der Waals surface area contributed by atoms with Crippen LogP contribution in [0, 0.1) is 5.92 Å². The molecule has 1 aromatic heterocycles. The molecule has 2 aromatic rings. The smallest absolute Gasteiger partial charge is 0.224 e.